The highest BCUT2D eigenvalue weighted by Crippen LogP contribution is 2.32. The Kier molecular flexibility index (Phi) is 6.49. The molecule has 1 aliphatic heterocycles. The van der Waals surface area contributed by atoms with Crippen molar-refractivity contribution in [3.8, 4) is 0 Å². The second-order valence-corrected chi connectivity index (χ2v) is 10.1. The summed E-state index contributed by atoms with van der Waals surface area (Å²) in [5.41, 5.74) is 2.66. The Morgan fingerprint density at radius 1 is 1.06 bits per heavy atom. The zero-order chi connectivity index (χ0) is 23.6. The van der Waals surface area contributed by atoms with Gasteiger partial charge in [-0.15, -0.1) is 0 Å². The molecule has 0 aliphatic carbocycles. The van der Waals surface area contributed by atoms with E-state index in [0.717, 1.165) is 11.1 Å². The molecular weight excluding hydrogens is 441 g/mol. The van der Waals surface area contributed by atoms with E-state index in [1.165, 1.54) is 28.6 Å². The lowest BCUT2D eigenvalue weighted by Crippen LogP contribution is -2.34. The number of rotatable bonds is 7. The Balaban J connectivity index is 1.52. The van der Waals surface area contributed by atoms with E-state index in [-0.39, 0.29) is 28.9 Å². The fraction of sp³-hybridized carbons (Fsp3) is 0.240. The summed E-state index contributed by atoms with van der Waals surface area (Å²) in [5.74, 6) is -0.732. The number of anilines is 1. The van der Waals surface area contributed by atoms with Crippen LogP contribution in [0.2, 0.25) is 0 Å². The van der Waals surface area contributed by atoms with Crippen LogP contribution >= 0.6 is 0 Å². The summed E-state index contributed by atoms with van der Waals surface area (Å²) in [6, 6.07) is 19.5. The largest absolute Gasteiger partial charge is 0.350 e. The van der Waals surface area contributed by atoms with Crippen LogP contribution in [0.15, 0.2) is 77.7 Å². The Morgan fingerprint density at radius 3 is 2.58 bits per heavy atom. The van der Waals surface area contributed by atoms with Crippen molar-refractivity contribution in [2.24, 2.45) is 0 Å². The third-order valence-electron chi connectivity index (χ3n) is 5.84. The standard InChI is InChI=1S/C25H26FN3O3S/c1-28(2)24(19-8-5-10-21(26)15-19)17-27-25(30)20-9-6-11-22(16-20)33(31,32)29-14-13-18-7-3-4-12-23(18)29/h3-12,15-16,24H,13-14,17H2,1-2H3,(H,27,30). The average Bonchev–Trinajstić information content (AvgIpc) is 3.24. The van der Waals surface area contributed by atoms with Crippen LogP contribution in [0.1, 0.15) is 27.5 Å². The lowest BCUT2D eigenvalue weighted by atomic mass is 10.1. The van der Waals surface area contributed by atoms with Gasteiger partial charge in [-0.2, -0.15) is 0 Å². The Morgan fingerprint density at radius 2 is 1.82 bits per heavy atom. The maximum atomic E-state index is 13.7. The monoisotopic (exact) mass is 467 g/mol. The van der Waals surface area contributed by atoms with E-state index in [9.17, 15) is 17.6 Å². The smallest absolute Gasteiger partial charge is 0.264 e. The third kappa shape index (κ3) is 4.77. The van der Waals surface area contributed by atoms with Gasteiger partial charge in [0.1, 0.15) is 5.82 Å². The molecule has 0 fully saturated rings. The van der Waals surface area contributed by atoms with E-state index < -0.39 is 15.9 Å². The molecule has 1 amide bonds. The zero-order valence-electron chi connectivity index (χ0n) is 18.5. The molecule has 0 radical (unpaired) electrons. The van der Waals surface area contributed by atoms with E-state index in [0.29, 0.717) is 18.7 Å². The first-order valence-corrected chi connectivity index (χ1v) is 12.1. The summed E-state index contributed by atoms with van der Waals surface area (Å²) in [4.78, 5) is 14.8. The van der Waals surface area contributed by atoms with Crippen LogP contribution in [0.25, 0.3) is 0 Å². The maximum absolute atomic E-state index is 13.7. The molecular formula is C25H26FN3O3S. The number of amides is 1. The van der Waals surface area contributed by atoms with Crippen molar-refractivity contribution in [3.63, 3.8) is 0 Å². The first kappa shape index (κ1) is 22.9. The highest BCUT2D eigenvalue weighted by atomic mass is 32.2. The van der Waals surface area contributed by atoms with Crippen LogP contribution in [0.3, 0.4) is 0 Å². The van der Waals surface area contributed by atoms with Gasteiger partial charge in [-0.05, 0) is 68.0 Å². The average molecular weight is 468 g/mol. The number of sulfonamides is 1. The van der Waals surface area contributed by atoms with Crippen LogP contribution in [0.4, 0.5) is 10.1 Å². The summed E-state index contributed by atoms with van der Waals surface area (Å²) >= 11 is 0. The topological polar surface area (TPSA) is 69.7 Å². The number of para-hydroxylation sites is 1. The Bertz CT molecular complexity index is 1280. The molecule has 172 valence electrons. The van der Waals surface area contributed by atoms with Crippen LogP contribution in [-0.4, -0.2) is 46.4 Å². The predicted octanol–water partition coefficient (Wildman–Crippen LogP) is 3.61. The molecule has 0 saturated carbocycles. The van der Waals surface area contributed by atoms with Crippen molar-refractivity contribution in [1.82, 2.24) is 10.2 Å². The first-order valence-electron chi connectivity index (χ1n) is 10.7. The first-order chi connectivity index (χ1) is 15.8. The minimum absolute atomic E-state index is 0.0705. The lowest BCUT2D eigenvalue weighted by molar-refractivity contribution is 0.0941. The fourth-order valence-electron chi connectivity index (χ4n) is 4.09. The number of hydrogen-bond donors (Lipinski definition) is 1. The van der Waals surface area contributed by atoms with Gasteiger partial charge in [-0.3, -0.25) is 9.10 Å². The molecule has 33 heavy (non-hydrogen) atoms. The number of fused-ring (bicyclic) bond motifs is 1. The number of benzene rings is 3. The quantitative estimate of drug-likeness (QED) is 0.576. The molecule has 1 atom stereocenters. The Labute approximate surface area is 193 Å². The van der Waals surface area contributed by atoms with Gasteiger partial charge in [0.05, 0.1) is 16.6 Å². The number of nitrogens with one attached hydrogen (secondary N) is 1. The van der Waals surface area contributed by atoms with Crippen molar-refractivity contribution in [3.05, 3.63) is 95.3 Å². The zero-order valence-corrected chi connectivity index (χ0v) is 19.3. The SMILES string of the molecule is CN(C)C(CNC(=O)c1cccc(S(=O)(=O)N2CCc3ccccc32)c1)c1cccc(F)c1. The van der Waals surface area contributed by atoms with Gasteiger partial charge >= 0.3 is 0 Å². The Hall–Kier alpha value is -3.23. The third-order valence-corrected chi connectivity index (χ3v) is 7.65. The van der Waals surface area contributed by atoms with Gasteiger partial charge in [0.2, 0.25) is 0 Å². The lowest BCUT2D eigenvalue weighted by Gasteiger charge is -2.25. The summed E-state index contributed by atoms with van der Waals surface area (Å²) in [6.45, 7) is 0.613. The van der Waals surface area contributed by atoms with Gasteiger partial charge in [0, 0.05) is 18.7 Å². The molecule has 3 aromatic rings. The normalized spacial score (nSPS) is 14.2. The second kappa shape index (κ2) is 9.33. The molecule has 1 aliphatic rings. The minimum Gasteiger partial charge on any atom is -0.350 e. The number of likely N-dealkylation sites (N-methyl/N-ethyl adjacent to an activating group) is 1. The van der Waals surface area contributed by atoms with E-state index in [4.69, 9.17) is 0 Å². The van der Waals surface area contributed by atoms with E-state index in [1.807, 2.05) is 37.2 Å². The summed E-state index contributed by atoms with van der Waals surface area (Å²) in [7, 11) is -0.0971. The molecule has 0 bridgehead atoms. The van der Waals surface area contributed by atoms with Gasteiger partial charge in [-0.1, -0.05) is 36.4 Å². The number of halogens is 1. The van der Waals surface area contributed by atoms with E-state index in [1.54, 1.807) is 30.3 Å². The van der Waals surface area contributed by atoms with Crippen molar-refractivity contribution in [2.45, 2.75) is 17.4 Å². The summed E-state index contributed by atoms with van der Waals surface area (Å²) < 4.78 is 41.7. The van der Waals surface area contributed by atoms with Crippen molar-refractivity contribution >= 4 is 21.6 Å². The molecule has 8 heteroatoms. The molecule has 3 aromatic carbocycles. The predicted molar refractivity (Wildman–Crippen MR) is 126 cm³/mol. The highest BCUT2D eigenvalue weighted by Gasteiger charge is 2.31. The fourth-order valence-corrected chi connectivity index (χ4v) is 5.64. The molecule has 0 saturated heterocycles. The summed E-state index contributed by atoms with van der Waals surface area (Å²) in [6.07, 6.45) is 0.654. The van der Waals surface area contributed by atoms with Crippen molar-refractivity contribution in [1.29, 1.82) is 0 Å². The molecule has 4 rings (SSSR count). The number of nitrogens with zero attached hydrogens (tertiary/aromatic N) is 2. The molecule has 6 nitrogen and oxygen atoms in total. The molecule has 1 N–H and O–H groups in total. The molecule has 0 spiro atoms. The molecule has 1 unspecified atom stereocenters. The van der Waals surface area contributed by atoms with Gasteiger partial charge in [0.15, 0.2) is 0 Å². The van der Waals surface area contributed by atoms with Crippen LogP contribution in [-0.2, 0) is 16.4 Å². The van der Waals surface area contributed by atoms with Crippen molar-refractivity contribution in [2.75, 3.05) is 31.5 Å². The number of carbonyl (C=O) groups excluding carboxylic acids is 1. The molecule has 0 aromatic heterocycles. The number of carbonyl (C=O) groups is 1. The van der Waals surface area contributed by atoms with Crippen LogP contribution < -0.4 is 9.62 Å². The highest BCUT2D eigenvalue weighted by molar-refractivity contribution is 7.92. The van der Waals surface area contributed by atoms with Gasteiger partial charge in [0.25, 0.3) is 15.9 Å². The maximum Gasteiger partial charge on any atom is 0.264 e. The van der Waals surface area contributed by atoms with Crippen LogP contribution in [0.5, 0.6) is 0 Å². The minimum atomic E-state index is -3.80. The van der Waals surface area contributed by atoms with Gasteiger partial charge < -0.3 is 10.2 Å². The number of hydrogen-bond acceptors (Lipinski definition) is 4. The second-order valence-electron chi connectivity index (χ2n) is 8.23. The molecule has 1 heterocycles. The van der Waals surface area contributed by atoms with Gasteiger partial charge in [-0.25, -0.2) is 12.8 Å². The van der Waals surface area contributed by atoms with E-state index in [2.05, 4.69) is 5.32 Å². The summed E-state index contributed by atoms with van der Waals surface area (Å²) in [5, 5.41) is 2.85. The van der Waals surface area contributed by atoms with Crippen LogP contribution in [0, 0.1) is 5.82 Å². The van der Waals surface area contributed by atoms with E-state index >= 15 is 0 Å². The van der Waals surface area contributed by atoms with Crippen molar-refractivity contribution < 1.29 is 17.6 Å².